The van der Waals surface area contributed by atoms with E-state index in [-0.39, 0.29) is 11.4 Å². The minimum Gasteiger partial charge on any atom is -0.502 e. The van der Waals surface area contributed by atoms with Gasteiger partial charge in [0.1, 0.15) is 0 Å². The topological polar surface area (TPSA) is 63.4 Å². The Kier molecular flexibility index (Phi) is 2.78. The van der Waals surface area contributed by atoms with Crippen LogP contribution in [0.15, 0.2) is 42.5 Å². The summed E-state index contributed by atoms with van der Waals surface area (Å²) in [6, 6.07) is 12.0. The maximum absolute atomic E-state index is 10.7. The predicted molar refractivity (Wildman–Crippen MR) is 64.9 cm³/mol. The van der Waals surface area contributed by atoms with Crippen LogP contribution in [0.4, 0.5) is 5.69 Å². The highest BCUT2D eigenvalue weighted by Gasteiger charge is 2.14. The number of hydrogen-bond acceptors (Lipinski definition) is 3. The summed E-state index contributed by atoms with van der Waals surface area (Å²) in [7, 11) is 0. The van der Waals surface area contributed by atoms with Gasteiger partial charge in [-0.1, -0.05) is 30.3 Å². The number of hydrogen-bond donors (Lipinski definition) is 1. The molecule has 0 atom stereocenters. The average Bonchev–Trinajstić information content (AvgIpc) is 2.30. The Morgan fingerprint density at radius 1 is 1.18 bits per heavy atom. The highest BCUT2D eigenvalue weighted by molar-refractivity contribution is 5.71. The van der Waals surface area contributed by atoms with Gasteiger partial charge in [-0.3, -0.25) is 10.1 Å². The molecule has 0 fully saturated rings. The second kappa shape index (κ2) is 4.25. The Labute approximate surface area is 98.3 Å². The summed E-state index contributed by atoms with van der Waals surface area (Å²) in [5.41, 5.74) is 2.42. The van der Waals surface area contributed by atoms with E-state index in [9.17, 15) is 15.2 Å². The molecule has 0 saturated carbocycles. The van der Waals surface area contributed by atoms with Gasteiger partial charge in [-0.2, -0.15) is 0 Å². The standard InChI is InChI=1S/C13H11NO3/c1-9-4-2-3-5-11(9)10-6-7-13(15)12(8-10)14(16)17/h2-8,15H,1H3. The summed E-state index contributed by atoms with van der Waals surface area (Å²) < 4.78 is 0. The van der Waals surface area contributed by atoms with Crippen molar-refractivity contribution in [1.82, 2.24) is 0 Å². The zero-order valence-corrected chi connectivity index (χ0v) is 9.25. The predicted octanol–water partition coefficient (Wildman–Crippen LogP) is 3.28. The molecule has 1 N–H and O–H groups in total. The van der Waals surface area contributed by atoms with Crippen LogP contribution in [-0.2, 0) is 0 Å². The highest BCUT2D eigenvalue weighted by Crippen LogP contribution is 2.32. The van der Waals surface area contributed by atoms with Crippen molar-refractivity contribution in [3.8, 4) is 16.9 Å². The molecule has 0 bridgehead atoms. The van der Waals surface area contributed by atoms with Crippen LogP contribution in [0.25, 0.3) is 11.1 Å². The molecule has 0 aliphatic heterocycles. The molecular weight excluding hydrogens is 218 g/mol. The van der Waals surface area contributed by atoms with Crippen LogP contribution in [-0.4, -0.2) is 10.0 Å². The molecule has 2 rings (SSSR count). The lowest BCUT2D eigenvalue weighted by atomic mass is 10.00. The van der Waals surface area contributed by atoms with Crippen molar-refractivity contribution in [2.75, 3.05) is 0 Å². The van der Waals surface area contributed by atoms with Gasteiger partial charge in [0.15, 0.2) is 5.75 Å². The first-order valence-electron chi connectivity index (χ1n) is 5.13. The number of nitro benzene ring substituents is 1. The molecule has 4 heteroatoms. The molecule has 0 aliphatic carbocycles. The van der Waals surface area contributed by atoms with E-state index in [1.807, 2.05) is 31.2 Å². The molecule has 0 heterocycles. The lowest BCUT2D eigenvalue weighted by Crippen LogP contribution is -1.90. The second-order valence-electron chi connectivity index (χ2n) is 3.78. The summed E-state index contributed by atoms with van der Waals surface area (Å²) >= 11 is 0. The number of phenolic OH excluding ortho intramolecular Hbond substituents is 1. The van der Waals surface area contributed by atoms with Gasteiger partial charge >= 0.3 is 5.69 Å². The number of nitrogens with zero attached hydrogens (tertiary/aromatic N) is 1. The van der Waals surface area contributed by atoms with Crippen LogP contribution < -0.4 is 0 Å². The van der Waals surface area contributed by atoms with Crippen molar-refractivity contribution in [3.63, 3.8) is 0 Å². The van der Waals surface area contributed by atoms with E-state index in [0.717, 1.165) is 16.7 Å². The van der Waals surface area contributed by atoms with Crippen molar-refractivity contribution < 1.29 is 10.0 Å². The normalized spacial score (nSPS) is 10.2. The van der Waals surface area contributed by atoms with Crippen LogP contribution in [0, 0.1) is 17.0 Å². The fourth-order valence-corrected chi connectivity index (χ4v) is 1.73. The molecule has 0 spiro atoms. The fourth-order valence-electron chi connectivity index (χ4n) is 1.73. The Balaban J connectivity index is 2.58. The molecule has 0 amide bonds. The minimum absolute atomic E-state index is 0.272. The second-order valence-corrected chi connectivity index (χ2v) is 3.78. The summed E-state index contributed by atoms with van der Waals surface area (Å²) in [5, 5.41) is 20.1. The molecule has 0 saturated heterocycles. The van der Waals surface area contributed by atoms with Crippen LogP contribution >= 0.6 is 0 Å². The van der Waals surface area contributed by atoms with Gasteiger partial charge in [-0.25, -0.2) is 0 Å². The Morgan fingerprint density at radius 3 is 2.53 bits per heavy atom. The Hall–Kier alpha value is -2.36. The highest BCUT2D eigenvalue weighted by atomic mass is 16.6. The minimum atomic E-state index is -0.586. The van der Waals surface area contributed by atoms with E-state index in [1.54, 1.807) is 6.07 Å². The van der Waals surface area contributed by atoms with Crippen LogP contribution in [0.3, 0.4) is 0 Å². The van der Waals surface area contributed by atoms with E-state index in [0.29, 0.717) is 0 Å². The van der Waals surface area contributed by atoms with Gasteiger partial charge in [0, 0.05) is 6.07 Å². The van der Waals surface area contributed by atoms with Crippen LogP contribution in [0.5, 0.6) is 5.75 Å². The molecule has 0 aromatic heterocycles. The summed E-state index contributed by atoms with van der Waals surface area (Å²) in [6.45, 7) is 1.94. The number of phenols is 1. The molecule has 2 aromatic rings. The first kappa shape index (κ1) is 11.1. The summed E-state index contributed by atoms with van der Waals surface area (Å²) in [5.74, 6) is -0.313. The van der Waals surface area contributed by atoms with Gasteiger partial charge in [0.25, 0.3) is 0 Å². The monoisotopic (exact) mass is 229 g/mol. The van der Waals surface area contributed by atoms with Crippen LogP contribution in [0.2, 0.25) is 0 Å². The third kappa shape index (κ3) is 2.10. The smallest absolute Gasteiger partial charge is 0.311 e. The summed E-state index contributed by atoms with van der Waals surface area (Å²) in [4.78, 5) is 10.1. The maximum Gasteiger partial charge on any atom is 0.311 e. The van der Waals surface area contributed by atoms with Crippen molar-refractivity contribution in [1.29, 1.82) is 0 Å². The zero-order chi connectivity index (χ0) is 12.4. The van der Waals surface area contributed by atoms with Crippen LogP contribution in [0.1, 0.15) is 5.56 Å². The SMILES string of the molecule is Cc1ccccc1-c1ccc(O)c([N+](=O)[O-])c1. The maximum atomic E-state index is 10.7. The lowest BCUT2D eigenvalue weighted by molar-refractivity contribution is -0.385. The zero-order valence-electron chi connectivity index (χ0n) is 9.25. The van der Waals surface area contributed by atoms with Crippen molar-refractivity contribution in [2.45, 2.75) is 6.92 Å². The fraction of sp³-hybridized carbons (Fsp3) is 0.0769. The van der Waals surface area contributed by atoms with Gasteiger partial charge in [0.2, 0.25) is 0 Å². The first-order chi connectivity index (χ1) is 8.09. The van der Waals surface area contributed by atoms with Gasteiger partial charge < -0.3 is 5.11 Å². The van der Waals surface area contributed by atoms with E-state index < -0.39 is 4.92 Å². The molecule has 86 valence electrons. The Bertz CT molecular complexity index is 579. The number of benzene rings is 2. The number of aromatic hydroxyl groups is 1. The molecule has 4 nitrogen and oxygen atoms in total. The molecule has 2 aromatic carbocycles. The lowest BCUT2D eigenvalue weighted by Gasteiger charge is -2.06. The first-order valence-corrected chi connectivity index (χ1v) is 5.13. The molecule has 0 radical (unpaired) electrons. The van der Waals surface area contributed by atoms with E-state index >= 15 is 0 Å². The Morgan fingerprint density at radius 2 is 1.88 bits per heavy atom. The van der Waals surface area contributed by atoms with Crippen molar-refractivity contribution >= 4 is 5.69 Å². The van der Waals surface area contributed by atoms with Gasteiger partial charge in [0.05, 0.1) is 4.92 Å². The number of nitro groups is 1. The molecular formula is C13H11NO3. The van der Waals surface area contributed by atoms with Crippen molar-refractivity contribution in [2.24, 2.45) is 0 Å². The van der Waals surface area contributed by atoms with E-state index in [4.69, 9.17) is 0 Å². The molecule has 0 unspecified atom stereocenters. The van der Waals surface area contributed by atoms with E-state index in [1.165, 1.54) is 12.1 Å². The number of rotatable bonds is 2. The summed E-state index contributed by atoms with van der Waals surface area (Å²) in [6.07, 6.45) is 0. The quantitative estimate of drug-likeness (QED) is 0.634. The van der Waals surface area contributed by atoms with Gasteiger partial charge in [-0.15, -0.1) is 0 Å². The van der Waals surface area contributed by atoms with E-state index in [2.05, 4.69) is 0 Å². The third-order valence-corrected chi connectivity index (χ3v) is 2.63. The molecule has 17 heavy (non-hydrogen) atoms. The largest absolute Gasteiger partial charge is 0.502 e. The average molecular weight is 229 g/mol. The third-order valence-electron chi connectivity index (χ3n) is 2.63. The van der Waals surface area contributed by atoms with Gasteiger partial charge in [-0.05, 0) is 29.7 Å². The number of aryl methyl sites for hydroxylation is 1. The van der Waals surface area contributed by atoms with Crippen molar-refractivity contribution in [3.05, 3.63) is 58.1 Å². The molecule has 0 aliphatic rings.